The predicted octanol–water partition coefficient (Wildman–Crippen LogP) is 4.21. The number of rotatable bonds is 5. The minimum absolute atomic E-state index is 0.113. The molecule has 32 heavy (non-hydrogen) atoms. The summed E-state index contributed by atoms with van der Waals surface area (Å²) in [5.74, 6) is 0.370. The summed E-state index contributed by atoms with van der Waals surface area (Å²) < 4.78 is 25.9. The van der Waals surface area contributed by atoms with Crippen molar-refractivity contribution in [1.82, 2.24) is 15.1 Å². The lowest BCUT2D eigenvalue weighted by atomic mass is 9.78. The molecule has 1 spiro atoms. The van der Waals surface area contributed by atoms with Gasteiger partial charge in [-0.3, -0.25) is 4.90 Å². The Morgan fingerprint density at radius 1 is 1.19 bits per heavy atom. The van der Waals surface area contributed by atoms with E-state index in [1.807, 2.05) is 43.0 Å². The fraction of sp³-hybridized carbons (Fsp3) is 0.375. The van der Waals surface area contributed by atoms with Crippen LogP contribution in [0.3, 0.4) is 0 Å². The highest BCUT2D eigenvalue weighted by atomic mass is 19.1. The first-order valence-electron chi connectivity index (χ1n) is 10.8. The Labute approximate surface area is 185 Å². The number of urea groups is 1. The maximum Gasteiger partial charge on any atom is 0.324 e. The minimum atomic E-state index is -0.420. The monoisotopic (exact) mass is 436 g/mol. The van der Waals surface area contributed by atoms with Gasteiger partial charge in [-0.25, -0.2) is 9.18 Å². The zero-order valence-electron chi connectivity index (χ0n) is 18.2. The molecule has 2 amide bonds. The molecule has 0 N–H and O–H groups in total. The second-order valence-corrected chi connectivity index (χ2v) is 8.72. The Morgan fingerprint density at radius 2 is 2.00 bits per heavy atom. The average molecular weight is 436 g/mol. The summed E-state index contributed by atoms with van der Waals surface area (Å²) in [7, 11) is 0. The topological polar surface area (TPSA) is 71.7 Å². The molecule has 0 aliphatic carbocycles. The van der Waals surface area contributed by atoms with Gasteiger partial charge in [0.15, 0.2) is 0 Å². The van der Waals surface area contributed by atoms with Crippen LogP contribution in [0, 0.1) is 18.2 Å². The number of nitrogens with zero attached hydrogens (tertiary/aromatic N) is 4. The minimum Gasteiger partial charge on any atom is -0.421 e. The number of anilines is 1. The molecule has 0 radical (unpaired) electrons. The highest BCUT2D eigenvalue weighted by Crippen LogP contribution is 2.38. The third-order valence-electron chi connectivity index (χ3n) is 6.08. The number of aryl methyl sites for hydroxylation is 2. The smallest absolute Gasteiger partial charge is 0.324 e. The SMILES string of the molecule is CCc1nnc(-c2ccc(CN(C(=O)N3CC4(COC4)C3)c3cccc(C)c3)c(F)c2)o1. The van der Waals surface area contributed by atoms with Crippen LogP contribution in [-0.2, 0) is 17.7 Å². The van der Waals surface area contributed by atoms with Crippen molar-refractivity contribution in [3.05, 3.63) is 65.3 Å². The van der Waals surface area contributed by atoms with E-state index >= 15 is 4.39 Å². The second-order valence-electron chi connectivity index (χ2n) is 8.72. The molecule has 5 rings (SSSR count). The quantitative estimate of drug-likeness (QED) is 0.599. The van der Waals surface area contributed by atoms with E-state index in [-0.39, 0.29) is 23.9 Å². The van der Waals surface area contributed by atoms with E-state index in [4.69, 9.17) is 9.15 Å². The van der Waals surface area contributed by atoms with Gasteiger partial charge in [0, 0.05) is 36.3 Å². The number of amides is 2. The summed E-state index contributed by atoms with van der Waals surface area (Å²) in [6.07, 6.45) is 0.616. The molecule has 2 fully saturated rings. The lowest BCUT2D eigenvalue weighted by Crippen LogP contribution is -2.68. The van der Waals surface area contributed by atoms with Crippen LogP contribution in [0.1, 0.15) is 23.9 Å². The number of carbonyl (C=O) groups is 1. The van der Waals surface area contributed by atoms with Crippen LogP contribution in [0.15, 0.2) is 46.9 Å². The van der Waals surface area contributed by atoms with E-state index < -0.39 is 5.82 Å². The van der Waals surface area contributed by atoms with Gasteiger partial charge in [0.1, 0.15) is 5.82 Å². The molecule has 0 atom stereocenters. The number of likely N-dealkylation sites (tertiary alicyclic amines) is 1. The molecular formula is C24H25FN4O3. The zero-order valence-corrected chi connectivity index (χ0v) is 18.2. The van der Waals surface area contributed by atoms with E-state index in [1.54, 1.807) is 17.0 Å². The van der Waals surface area contributed by atoms with Crippen LogP contribution in [0.4, 0.5) is 14.9 Å². The van der Waals surface area contributed by atoms with Gasteiger partial charge in [-0.05, 0) is 36.8 Å². The van der Waals surface area contributed by atoms with Crippen LogP contribution in [0.5, 0.6) is 0 Å². The van der Waals surface area contributed by atoms with E-state index in [0.717, 1.165) is 11.3 Å². The highest BCUT2D eigenvalue weighted by molar-refractivity contribution is 5.92. The Morgan fingerprint density at radius 3 is 2.62 bits per heavy atom. The van der Waals surface area contributed by atoms with Crippen LogP contribution >= 0.6 is 0 Å². The van der Waals surface area contributed by atoms with Gasteiger partial charge >= 0.3 is 6.03 Å². The third kappa shape index (κ3) is 3.75. The van der Waals surface area contributed by atoms with Crippen LogP contribution in [0.2, 0.25) is 0 Å². The van der Waals surface area contributed by atoms with Gasteiger partial charge in [-0.1, -0.05) is 25.1 Å². The highest BCUT2D eigenvalue weighted by Gasteiger charge is 2.51. The van der Waals surface area contributed by atoms with Crippen molar-refractivity contribution in [2.75, 3.05) is 31.2 Å². The van der Waals surface area contributed by atoms with E-state index in [0.29, 0.717) is 49.7 Å². The molecule has 166 valence electrons. The molecule has 0 bridgehead atoms. The molecule has 8 heteroatoms. The van der Waals surface area contributed by atoms with Crippen molar-refractivity contribution >= 4 is 11.7 Å². The molecule has 3 aromatic rings. The third-order valence-corrected chi connectivity index (χ3v) is 6.08. The molecule has 1 aromatic heterocycles. The van der Waals surface area contributed by atoms with Gasteiger partial charge in [-0.2, -0.15) is 0 Å². The molecule has 2 saturated heterocycles. The fourth-order valence-electron chi connectivity index (χ4n) is 4.20. The van der Waals surface area contributed by atoms with Gasteiger partial charge in [0.05, 0.1) is 25.2 Å². The normalized spacial score (nSPS) is 16.5. The average Bonchev–Trinajstić information content (AvgIpc) is 3.20. The zero-order chi connectivity index (χ0) is 22.3. The number of hydrogen-bond acceptors (Lipinski definition) is 5. The molecule has 2 aliphatic heterocycles. The number of halogens is 1. The Hall–Kier alpha value is -3.26. The van der Waals surface area contributed by atoms with Crippen LogP contribution in [0.25, 0.3) is 11.5 Å². The lowest BCUT2D eigenvalue weighted by molar-refractivity contribution is -0.174. The molecule has 2 aliphatic rings. The molecule has 2 aromatic carbocycles. The number of hydrogen-bond donors (Lipinski definition) is 0. The summed E-state index contributed by atoms with van der Waals surface area (Å²) in [5, 5.41) is 7.91. The summed E-state index contributed by atoms with van der Waals surface area (Å²) in [5.41, 5.74) is 2.82. The number of benzene rings is 2. The first-order valence-corrected chi connectivity index (χ1v) is 10.8. The van der Waals surface area contributed by atoms with Crippen LogP contribution in [-0.4, -0.2) is 47.4 Å². The number of aromatic nitrogens is 2. The molecule has 7 nitrogen and oxygen atoms in total. The largest absolute Gasteiger partial charge is 0.421 e. The summed E-state index contributed by atoms with van der Waals surface area (Å²) in [6, 6.07) is 12.4. The Kier molecular flexibility index (Phi) is 5.17. The van der Waals surface area contributed by atoms with E-state index in [1.165, 1.54) is 6.07 Å². The first-order chi connectivity index (χ1) is 15.5. The van der Waals surface area contributed by atoms with Crippen molar-refractivity contribution < 1.29 is 18.3 Å². The summed E-state index contributed by atoms with van der Waals surface area (Å²) >= 11 is 0. The maximum absolute atomic E-state index is 15.1. The van der Waals surface area contributed by atoms with Crippen LogP contribution < -0.4 is 4.90 Å². The van der Waals surface area contributed by atoms with Crippen molar-refractivity contribution in [1.29, 1.82) is 0 Å². The number of carbonyl (C=O) groups excluding carboxylic acids is 1. The Balaban J connectivity index is 1.40. The van der Waals surface area contributed by atoms with Gasteiger partial charge < -0.3 is 14.1 Å². The van der Waals surface area contributed by atoms with Crippen molar-refractivity contribution in [2.45, 2.75) is 26.8 Å². The standard InChI is InChI=1S/C24H25FN4O3/c1-3-21-26-27-22(32-21)17-7-8-18(20(25)10-17)11-29(19-6-4-5-16(2)9-19)23(30)28-12-24(13-28)14-31-15-24/h4-10H,3,11-15H2,1-2H3. The molecular weight excluding hydrogens is 411 g/mol. The van der Waals surface area contributed by atoms with E-state index in [2.05, 4.69) is 10.2 Å². The Bertz CT molecular complexity index is 1150. The molecule has 3 heterocycles. The van der Waals surface area contributed by atoms with Crippen molar-refractivity contribution in [2.24, 2.45) is 5.41 Å². The molecule has 0 saturated carbocycles. The lowest BCUT2D eigenvalue weighted by Gasteiger charge is -2.55. The van der Waals surface area contributed by atoms with Crippen molar-refractivity contribution in [3.8, 4) is 11.5 Å². The maximum atomic E-state index is 15.1. The number of ether oxygens (including phenoxy) is 1. The van der Waals surface area contributed by atoms with Gasteiger partial charge in [0.25, 0.3) is 0 Å². The fourth-order valence-corrected chi connectivity index (χ4v) is 4.20. The second kappa shape index (κ2) is 8.02. The van der Waals surface area contributed by atoms with Gasteiger partial charge in [-0.15, -0.1) is 10.2 Å². The summed E-state index contributed by atoms with van der Waals surface area (Å²) in [4.78, 5) is 16.8. The first kappa shape index (κ1) is 20.6. The summed E-state index contributed by atoms with van der Waals surface area (Å²) in [6.45, 7) is 6.76. The van der Waals surface area contributed by atoms with Crippen molar-refractivity contribution in [3.63, 3.8) is 0 Å². The molecule has 0 unspecified atom stereocenters. The predicted molar refractivity (Wildman–Crippen MR) is 117 cm³/mol. The van der Waals surface area contributed by atoms with Gasteiger partial charge in [0.2, 0.25) is 11.8 Å². The van der Waals surface area contributed by atoms with E-state index in [9.17, 15) is 4.79 Å².